The predicted molar refractivity (Wildman–Crippen MR) is 151 cm³/mol. The summed E-state index contributed by atoms with van der Waals surface area (Å²) >= 11 is 5.39. The molecule has 1 spiro atoms. The van der Waals surface area contributed by atoms with E-state index in [4.69, 9.17) is 4.74 Å². The van der Waals surface area contributed by atoms with Gasteiger partial charge in [0.25, 0.3) is 0 Å². The first-order chi connectivity index (χ1) is 17.7. The third-order valence-electron chi connectivity index (χ3n) is 7.82. The Bertz CT molecular complexity index is 870. The van der Waals surface area contributed by atoms with E-state index in [-0.39, 0.29) is 47.0 Å². The van der Waals surface area contributed by atoms with Crippen LogP contribution in [0.2, 0.25) is 0 Å². The highest BCUT2D eigenvalue weighted by Gasteiger charge is 2.76. The highest BCUT2D eigenvalue weighted by molar-refractivity contribution is 9.09. The summed E-state index contributed by atoms with van der Waals surface area (Å²) in [5.74, 6) is -1.72. The number of rotatable bonds is 15. The van der Waals surface area contributed by atoms with Crippen LogP contribution in [0.1, 0.15) is 59.3 Å². The molecule has 37 heavy (non-hydrogen) atoms. The molecule has 3 rings (SSSR count). The Labute approximate surface area is 234 Å². The highest BCUT2D eigenvalue weighted by atomic mass is 79.9. The van der Waals surface area contributed by atoms with Crippen molar-refractivity contribution >= 4 is 45.5 Å². The highest BCUT2D eigenvalue weighted by Crippen LogP contribution is 2.68. The van der Waals surface area contributed by atoms with Crippen LogP contribution in [0.25, 0.3) is 0 Å². The molecule has 0 aromatic heterocycles. The van der Waals surface area contributed by atoms with Crippen molar-refractivity contribution in [1.82, 2.24) is 9.80 Å². The van der Waals surface area contributed by atoms with E-state index in [0.717, 1.165) is 19.3 Å². The zero-order valence-corrected chi connectivity index (χ0v) is 24.8. The molecule has 0 aromatic carbocycles. The molecule has 0 aromatic rings. The number of halogens is 1. The van der Waals surface area contributed by atoms with Crippen LogP contribution < -0.4 is 0 Å². The molecule has 0 radical (unpaired) electrons. The van der Waals surface area contributed by atoms with Crippen molar-refractivity contribution in [2.75, 3.05) is 26.3 Å². The molecular weight excluding hydrogens is 556 g/mol. The molecule has 2 amide bonds. The number of fused-ring (bicyclic) bond motifs is 1. The van der Waals surface area contributed by atoms with Gasteiger partial charge in [0.2, 0.25) is 11.8 Å². The van der Waals surface area contributed by atoms with E-state index in [1.807, 2.05) is 13.8 Å². The van der Waals surface area contributed by atoms with Crippen LogP contribution >= 0.6 is 27.7 Å². The maximum absolute atomic E-state index is 14.3. The average molecular weight is 600 g/mol. The van der Waals surface area contributed by atoms with E-state index in [1.165, 1.54) is 0 Å². The van der Waals surface area contributed by atoms with Crippen molar-refractivity contribution in [1.29, 1.82) is 0 Å². The number of thioether (sulfide) groups is 1. The number of carbonyl (C=O) groups is 3. The van der Waals surface area contributed by atoms with Crippen LogP contribution in [0.3, 0.4) is 0 Å². The van der Waals surface area contributed by atoms with E-state index in [9.17, 15) is 19.5 Å². The number of aliphatic hydroxyl groups excluding tert-OH is 1. The number of ether oxygens (including phenoxy) is 1. The lowest BCUT2D eigenvalue weighted by Gasteiger charge is -2.40. The molecule has 3 aliphatic rings. The SMILES string of the molecule is C=CCCCOC(=O)[C@H]1[C@@H]2SC3(CC2Br)C(C(=O)N(CC=C)CCCC)N([C@@H](CO)CC(C)C)C(=O)[C@H]13. The number of hydrogen-bond donors (Lipinski definition) is 1. The van der Waals surface area contributed by atoms with Crippen LogP contribution in [0.4, 0.5) is 0 Å². The molecule has 3 aliphatic heterocycles. The second-order valence-electron chi connectivity index (χ2n) is 10.9. The molecule has 3 saturated heterocycles. The summed E-state index contributed by atoms with van der Waals surface area (Å²) in [7, 11) is 0. The van der Waals surface area contributed by atoms with Gasteiger partial charge in [0.1, 0.15) is 6.04 Å². The normalized spacial score (nSPS) is 30.9. The number of unbranched alkanes of at least 4 members (excludes halogenated alkanes) is 2. The van der Waals surface area contributed by atoms with Gasteiger partial charge < -0.3 is 19.6 Å². The topological polar surface area (TPSA) is 87.2 Å². The monoisotopic (exact) mass is 598 g/mol. The number of nitrogens with zero attached hydrogens (tertiary/aromatic N) is 2. The summed E-state index contributed by atoms with van der Waals surface area (Å²) in [5, 5.41) is 10.3. The van der Waals surface area contributed by atoms with Crippen molar-refractivity contribution in [2.45, 2.75) is 86.2 Å². The maximum atomic E-state index is 14.3. The van der Waals surface area contributed by atoms with Crippen LogP contribution in [0, 0.1) is 17.8 Å². The molecule has 7 nitrogen and oxygen atoms in total. The fourth-order valence-corrected chi connectivity index (χ4v) is 9.88. The third kappa shape index (κ3) is 5.83. The molecule has 1 N–H and O–H groups in total. The second-order valence-corrected chi connectivity index (χ2v) is 13.6. The molecule has 2 bridgehead atoms. The van der Waals surface area contributed by atoms with Crippen LogP contribution in [-0.2, 0) is 19.1 Å². The van der Waals surface area contributed by atoms with Gasteiger partial charge in [-0.05, 0) is 38.0 Å². The Kier molecular flexibility index (Phi) is 10.7. The first kappa shape index (κ1) is 30.2. The Morgan fingerprint density at radius 2 is 2.05 bits per heavy atom. The van der Waals surface area contributed by atoms with Gasteiger partial charge in [-0.1, -0.05) is 55.3 Å². The van der Waals surface area contributed by atoms with Gasteiger partial charge in [0.15, 0.2) is 0 Å². The summed E-state index contributed by atoms with van der Waals surface area (Å²) in [6, 6.07) is -1.23. The van der Waals surface area contributed by atoms with Crippen LogP contribution in [-0.4, -0.2) is 85.9 Å². The second kappa shape index (κ2) is 13.2. The lowest BCUT2D eigenvalue weighted by molar-refractivity contribution is -0.154. The van der Waals surface area contributed by atoms with Gasteiger partial charge in [-0.15, -0.1) is 24.9 Å². The van der Waals surface area contributed by atoms with Crippen molar-refractivity contribution in [3.63, 3.8) is 0 Å². The lowest BCUT2D eigenvalue weighted by atomic mass is 9.71. The smallest absolute Gasteiger partial charge is 0.310 e. The van der Waals surface area contributed by atoms with Gasteiger partial charge in [0, 0.05) is 23.2 Å². The number of likely N-dealkylation sites (tertiary alicyclic amines) is 1. The van der Waals surface area contributed by atoms with E-state index in [0.29, 0.717) is 32.4 Å². The van der Waals surface area contributed by atoms with Crippen molar-refractivity contribution in [3.8, 4) is 0 Å². The van der Waals surface area contributed by atoms with Crippen molar-refractivity contribution < 1.29 is 24.2 Å². The minimum Gasteiger partial charge on any atom is -0.465 e. The first-order valence-corrected chi connectivity index (χ1v) is 15.4. The molecule has 0 saturated carbocycles. The van der Waals surface area contributed by atoms with Gasteiger partial charge in [0.05, 0.1) is 35.8 Å². The Hall–Kier alpha value is -1.32. The maximum Gasteiger partial charge on any atom is 0.310 e. The quantitative estimate of drug-likeness (QED) is 0.132. The van der Waals surface area contributed by atoms with Crippen LogP contribution in [0.5, 0.6) is 0 Å². The number of amides is 2. The third-order valence-corrected chi connectivity index (χ3v) is 11.0. The zero-order valence-electron chi connectivity index (χ0n) is 22.4. The Balaban J connectivity index is 2.03. The van der Waals surface area contributed by atoms with E-state index >= 15 is 0 Å². The summed E-state index contributed by atoms with van der Waals surface area (Å²) < 4.78 is 4.91. The summed E-state index contributed by atoms with van der Waals surface area (Å²) in [6.45, 7) is 14.8. The number of hydrogen-bond acceptors (Lipinski definition) is 6. The standard InChI is InChI=1S/C28H43BrN2O5S/c1-6-9-11-14-36-27(35)21-22-25(33)31(19(17-32)15-18(4)5)24(28(22)16-20(29)23(21)37-28)26(34)30(12-8-3)13-10-7-2/h6,8,18-24,32H,1,3,7,9-17H2,2,4-5H3/t19-,20?,21-,22+,23-,24?,28?/m1/s1. The Morgan fingerprint density at radius 1 is 1.32 bits per heavy atom. The molecule has 9 heteroatoms. The van der Waals surface area contributed by atoms with Gasteiger partial charge >= 0.3 is 5.97 Å². The molecule has 208 valence electrons. The summed E-state index contributed by atoms with van der Waals surface area (Å²) in [4.78, 5) is 45.4. The van der Waals surface area contributed by atoms with E-state index < -0.39 is 28.7 Å². The number of alkyl halides is 1. The number of carbonyl (C=O) groups excluding carboxylic acids is 3. The molecule has 0 aliphatic carbocycles. The van der Waals surface area contributed by atoms with Crippen molar-refractivity contribution in [3.05, 3.63) is 25.3 Å². The fraction of sp³-hybridized carbons (Fsp3) is 0.750. The van der Waals surface area contributed by atoms with Gasteiger partial charge in [-0.25, -0.2) is 0 Å². The fourth-order valence-electron chi connectivity index (χ4n) is 6.30. The minimum absolute atomic E-state index is 0.0105. The van der Waals surface area contributed by atoms with Gasteiger partial charge in [-0.2, -0.15) is 0 Å². The first-order valence-electron chi connectivity index (χ1n) is 13.6. The molecule has 3 fully saturated rings. The average Bonchev–Trinajstić information content (AvgIpc) is 3.45. The van der Waals surface area contributed by atoms with Gasteiger partial charge in [-0.3, -0.25) is 14.4 Å². The number of aliphatic hydroxyl groups is 1. The molecule has 3 heterocycles. The molecule has 7 atom stereocenters. The van der Waals surface area contributed by atoms with E-state index in [2.05, 4.69) is 36.0 Å². The van der Waals surface area contributed by atoms with E-state index in [1.54, 1.807) is 33.7 Å². The zero-order chi connectivity index (χ0) is 27.3. The number of esters is 1. The molecule has 3 unspecified atom stereocenters. The predicted octanol–water partition coefficient (Wildman–Crippen LogP) is 4.18. The summed E-state index contributed by atoms with van der Waals surface area (Å²) in [6.07, 6.45) is 7.92. The van der Waals surface area contributed by atoms with Crippen molar-refractivity contribution in [2.24, 2.45) is 17.8 Å². The molecular formula is C28H43BrN2O5S. The summed E-state index contributed by atoms with van der Waals surface area (Å²) in [5.41, 5.74) is 0. The minimum atomic E-state index is -0.744. The number of allylic oxidation sites excluding steroid dienone is 1. The lowest BCUT2D eigenvalue weighted by Crippen LogP contribution is -2.58. The Morgan fingerprint density at radius 3 is 2.65 bits per heavy atom. The van der Waals surface area contributed by atoms with Crippen LogP contribution in [0.15, 0.2) is 25.3 Å². The largest absolute Gasteiger partial charge is 0.465 e.